The van der Waals surface area contributed by atoms with E-state index in [1.54, 1.807) is 6.07 Å². The highest BCUT2D eigenvalue weighted by atomic mass is 79.9. The van der Waals surface area contributed by atoms with E-state index in [-0.39, 0.29) is 11.5 Å². The second-order valence-corrected chi connectivity index (χ2v) is 4.83. The minimum Gasteiger partial charge on any atom is -0.352 e. The van der Waals surface area contributed by atoms with Gasteiger partial charge in [-0.05, 0) is 12.5 Å². The lowest BCUT2D eigenvalue weighted by molar-refractivity contribution is 0.0953. The molecule has 1 rings (SSSR count). The standard InChI is InChI=1S/C10H13BrN2O2/c1-7(11)2-4-13-10(15)8-3-5-12-9(14)6-8/h3,5-7H,2,4H2,1H3,(H,12,14)(H,13,15). The molecule has 0 fully saturated rings. The SMILES string of the molecule is CC(Br)CCNC(=O)c1cc[nH]c(=O)c1. The molecule has 1 aromatic rings. The molecule has 0 saturated carbocycles. The van der Waals surface area contributed by atoms with Gasteiger partial charge in [0, 0.05) is 29.2 Å². The number of nitrogens with one attached hydrogen (secondary N) is 2. The number of hydrogen-bond acceptors (Lipinski definition) is 2. The summed E-state index contributed by atoms with van der Waals surface area (Å²) in [5.41, 5.74) is 0.123. The van der Waals surface area contributed by atoms with Gasteiger partial charge >= 0.3 is 0 Å². The smallest absolute Gasteiger partial charge is 0.251 e. The third-order valence-corrected chi connectivity index (χ3v) is 2.32. The summed E-state index contributed by atoms with van der Waals surface area (Å²) in [6, 6.07) is 2.86. The van der Waals surface area contributed by atoms with E-state index in [1.165, 1.54) is 12.3 Å². The Morgan fingerprint density at radius 2 is 2.40 bits per heavy atom. The summed E-state index contributed by atoms with van der Waals surface area (Å²) < 4.78 is 0. The number of H-pyrrole nitrogens is 1. The zero-order valence-corrected chi connectivity index (χ0v) is 10.0. The van der Waals surface area contributed by atoms with Crippen LogP contribution in [0.25, 0.3) is 0 Å². The van der Waals surface area contributed by atoms with Crippen LogP contribution in [0.2, 0.25) is 0 Å². The van der Waals surface area contributed by atoms with E-state index in [0.29, 0.717) is 16.9 Å². The molecule has 0 aliphatic carbocycles. The maximum atomic E-state index is 11.5. The van der Waals surface area contributed by atoms with E-state index in [1.807, 2.05) is 6.92 Å². The van der Waals surface area contributed by atoms with Crippen LogP contribution in [0.1, 0.15) is 23.7 Å². The minimum atomic E-state index is -0.267. The maximum absolute atomic E-state index is 11.5. The Balaban J connectivity index is 2.51. The summed E-state index contributed by atoms with van der Waals surface area (Å²) in [7, 11) is 0. The molecule has 82 valence electrons. The largest absolute Gasteiger partial charge is 0.352 e. The van der Waals surface area contributed by atoms with Gasteiger partial charge in [0.15, 0.2) is 0 Å². The van der Waals surface area contributed by atoms with Crippen LogP contribution in [0.3, 0.4) is 0 Å². The average molecular weight is 273 g/mol. The van der Waals surface area contributed by atoms with Crippen LogP contribution in [0, 0.1) is 0 Å². The molecule has 0 spiro atoms. The molecule has 0 bridgehead atoms. The molecule has 0 radical (unpaired) electrons. The number of pyridine rings is 1. The van der Waals surface area contributed by atoms with E-state index in [2.05, 4.69) is 26.2 Å². The van der Waals surface area contributed by atoms with Crippen molar-refractivity contribution in [2.45, 2.75) is 18.2 Å². The first kappa shape index (κ1) is 12.0. The Morgan fingerprint density at radius 3 is 3.00 bits per heavy atom. The van der Waals surface area contributed by atoms with Crippen molar-refractivity contribution < 1.29 is 4.79 Å². The lowest BCUT2D eigenvalue weighted by Gasteiger charge is -2.05. The van der Waals surface area contributed by atoms with Crippen LogP contribution in [0.5, 0.6) is 0 Å². The highest BCUT2D eigenvalue weighted by molar-refractivity contribution is 9.09. The van der Waals surface area contributed by atoms with Crippen LogP contribution >= 0.6 is 15.9 Å². The summed E-state index contributed by atoms with van der Waals surface area (Å²) in [5.74, 6) is -0.214. The summed E-state index contributed by atoms with van der Waals surface area (Å²) >= 11 is 3.39. The van der Waals surface area contributed by atoms with E-state index >= 15 is 0 Å². The summed E-state index contributed by atoms with van der Waals surface area (Å²) in [6.07, 6.45) is 2.32. The molecule has 0 saturated heterocycles. The van der Waals surface area contributed by atoms with Crippen molar-refractivity contribution in [1.82, 2.24) is 10.3 Å². The number of alkyl halides is 1. The lowest BCUT2D eigenvalue weighted by atomic mass is 10.2. The number of aromatic nitrogens is 1. The Labute approximate surface area is 96.2 Å². The summed E-state index contributed by atoms with van der Waals surface area (Å²) in [6.45, 7) is 2.61. The molecule has 5 heteroatoms. The first-order valence-electron chi connectivity index (χ1n) is 4.70. The maximum Gasteiger partial charge on any atom is 0.251 e. The average Bonchev–Trinajstić information content (AvgIpc) is 2.17. The Bertz CT molecular complexity index is 387. The van der Waals surface area contributed by atoms with Crippen molar-refractivity contribution in [3.05, 3.63) is 34.2 Å². The Morgan fingerprint density at radius 1 is 1.67 bits per heavy atom. The number of rotatable bonds is 4. The normalized spacial score (nSPS) is 12.1. The molecule has 0 aromatic carbocycles. The lowest BCUT2D eigenvalue weighted by Crippen LogP contribution is -2.26. The van der Waals surface area contributed by atoms with Crippen LogP contribution in [0.4, 0.5) is 0 Å². The van der Waals surface area contributed by atoms with Crippen molar-refractivity contribution in [3.63, 3.8) is 0 Å². The van der Waals surface area contributed by atoms with Gasteiger partial charge in [0.2, 0.25) is 5.56 Å². The molecule has 0 aliphatic rings. The van der Waals surface area contributed by atoms with Gasteiger partial charge in [-0.1, -0.05) is 22.9 Å². The monoisotopic (exact) mass is 272 g/mol. The fraction of sp³-hybridized carbons (Fsp3) is 0.400. The first-order chi connectivity index (χ1) is 7.09. The minimum absolute atomic E-state index is 0.214. The molecule has 1 heterocycles. The van der Waals surface area contributed by atoms with Crippen molar-refractivity contribution in [1.29, 1.82) is 0 Å². The quantitative estimate of drug-likeness (QED) is 0.812. The Hall–Kier alpha value is -1.10. The highest BCUT2D eigenvalue weighted by Crippen LogP contribution is 2.01. The number of carbonyl (C=O) groups is 1. The third kappa shape index (κ3) is 4.29. The molecule has 1 amide bonds. The van der Waals surface area contributed by atoms with Gasteiger partial charge in [0.25, 0.3) is 5.91 Å². The number of hydrogen-bond donors (Lipinski definition) is 2. The van der Waals surface area contributed by atoms with Gasteiger partial charge in [-0.3, -0.25) is 9.59 Å². The zero-order chi connectivity index (χ0) is 11.3. The van der Waals surface area contributed by atoms with Crippen LogP contribution < -0.4 is 10.9 Å². The first-order valence-corrected chi connectivity index (χ1v) is 5.62. The number of amides is 1. The van der Waals surface area contributed by atoms with Crippen molar-refractivity contribution in [2.75, 3.05) is 6.54 Å². The van der Waals surface area contributed by atoms with Gasteiger partial charge in [0.1, 0.15) is 0 Å². The van der Waals surface area contributed by atoms with Crippen LogP contribution in [0.15, 0.2) is 23.1 Å². The highest BCUT2D eigenvalue weighted by Gasteiger charge is 2.05. The molecule has 2 N–H and O–H groups in total. The fourth-order valence-electron chi connectivity index (χ4n) is 1.07. The molecular formula is C10H13BrN2O2. The van der Waals surface area contributed by atoms with E-state index < -0.39 is 0 Å². The van der Waals surface area contributed by atoms with Gasteiger partial charge in [-0.25, -0.2) is 0 Å². The van der Waals surface area contributed by atoms with E-state index in [0.717, 1.165) is 6.42 Å². The topological polar surface area (TPSA) is 62.0 Å². The molecule has 4 nitrogen and oxygen atoms in total. The predicted molar refractivity (Wildman–Crippen MR) is 62.4 cm³/mol. The van der Waals surface area contributed by atoms with E-state index in [9.17, 15) is 9.59 Å². The number of aromatic amines is 1. The third-order valence-electron chi connectivity index (χ3n) is 1.86. The Kier molecular flexibility index (Phi) is 4.55. The molecule has 1 aromatic heterocycles. The summed E-state index contributed by atoms with van der Waals surface area (Å²) in [4.78, 5) is 25.3. The second kappa shape index (κ2) is 5.70. The number of carbonyl (C=O) groups excluding carboxylic acids is 1. The molecule has 0 aliphatic heterocycles. The summed E-state index contributed by atoms with van der Waals surface area (Å²) in [5, 5.41) is 2.74. The molecule has 1 atom stereocenters. The van der Waals surface area contributed by atoms with E-state index in [4.69, 9.17) is 0 Å². The second-order valence-electron chi connectivity index (χ2n) is 3.27. The van der Waals surface area contributed by atoms with Crippen molar-refractivity contribution in [3.8, 4) is 0 Å². The zero-order valence-electron chi connectivity index (χ0n) is 8.42. The van der Waals surface area contributed by atoms with Crippen molar-refractivity contribution in [2.24, 2.45) is 0 Å². The van der Waals surface area contributed by atoms with Gasteiger partial charge in [0.05, 0.1) is 0 Å². The van der Waals surface area contributed by atoms with Crippen molar-refractivity contribution >= 4 is 21.8 Å². The molecular weight excluding hydrogens is 260 g/mol. The molecule has 15 heavy (non-hydrogen) atoms. The van der Waals surface area contributed by atoms with Gasteiger partial charge in [-0.2, -0.15) is 0 Å². The van der Waals surface area contributed by atoms with Crippen LogP contribution in [-0.4, -0.2) is 22.3 Å². The van der Waals surface area contributed by atoms with Crippen LogP contribution in [-0.2, 0) is 0 Å². The van der Waals surface area contributed by atoms with Gasteiger partial charge < -0.3 is 10.3 Å². The molecule has 1 unspecified atom stereocenters. The number of halogens is 1. The predicted octanol–water partition coefficient (Wildman–Crippen LogP) is 1.28. The van der Waals surface area contributed by atoms with Gasteiger partial charge in [-0.15, -0.1) is 0 Å². The fourth-order valence-corrected chi connectivity index (χ4v) is 1.30.